The number of aromatic nitrogens is 1. The predicted octanol–water partition coefficient (Wildman–Crippen LogP) is 3.40. The Morgan fingerprint density at radius 3 is 2.52 bits per heavy atom. The van der Waals surface area contributed by atoms with E-state index in [0.717, 1.165) is 18.5 Å². The molecule has 0 fully saturated rings. The first-order valence-corrected chi connectivity index (χ1v) is 7.42. The largest absolute Gasteiger partial charge is 0.329 e. The van der Waals surface area contributed by atoms with Crippen molar-refractivity contribution >= 4 is 5.91 Å². The van der Waals surface area contributed by atoms with Gasteiger partial charge in [0, 0.05) is 19.2 Å². The van der Waals surface area contributed by atoms with Gasteiger partial charge in [0.15, 0.2) is 0 Å². The van der Waals surface area contributed by atoms with Crippen molar-refractivity contribution in [2.45, 2.75) is 33.2 Å². The molecule has 0 aliphatic carbocycles. The molecular weight excluding hydrogens is 260 g/mol. The zero-order valence-electron chi connectivity index (χ0n) is 12.7. The molecule has 0 N–H and O–H groups in total. The molecule has 0 radical (unpaired) electrons. The van der Waals surface area contributed by atoms with Crippen LogP contribution in [0.3, 0.4) is 0 Å². The van der Waals surface area contributed by atoms with E-state index >= 15 is 0 Å². The number of rotatable bonds is 5. The zero-order chi connectivity index (χ0) is 15.1. The van der Waals surface area contributed by atoms with E-state index in [1.165, 1.54) is 5.56 Å². The van der Waals surface area contributed by atoms with Crippen LogP contribution in [0.4, 0.5) is 0 Å². The molecule has 0 bridgehead atoms. The maximum absolute atomic E-state index is 11.9. The van der Waals surface area contributed by atoms with Gasteiger partial charge < -0.3 is 4.57 Å². The van der Waals surface area contributed by atoms with Crippen molar-refractivity contribution in [1.82, 2.24) is 4.57 Å². The molecule has 0 saturated carbocycles. The van der Waals surface area contributed by atoms with Gasteiger partial charge in [-0.05, 0) is 30.0 Å². The Morgan fingerprint density at radius 1 is 1.10 bits per heavy atom. The summed E-state index contributed by atoms with van der Waals surface area (Å²) in [6.07, 6.45) is 3.35. The molecule has 1 aromatic carbocycles. The smallest absolute Gasteiger partial charge is 0.247 e. The Labute approximate surface area is 126 Å². The minimum atomic E-state index is -0.0447. The topological polar surface area (TPSA) is 34.4 Å². The summed E-state index contributed by atoms with van der Waals surface area (Å²) in [7, 11) is 0. The summed E-state index contributed by atoms with van der Waals surface area (Å²) < 4.78 is 2.00. The van der Waals surface area contributed by atoms with Crippen molar-refractivity contribution in [3.8, 4) is 0 Å². The van der Waals surface area contributed by atoms with E-state index in [1.807, 2.05) is 47.2 Å². The lowest BCUT2D eigenvalue weighted by atomic mass is 10.1. The van der Waals surface area contributed by atoms with Crippen LogP contribution in [-0.4, -0.2) is 10.5 Å². The van der Waals surface area contributed by atoms with E-state index in [-0.39, 0.29) is 5.91 Å². The van der Waals surface area contributed by atoms with Crippen LogP contribution >= 0.6 is 0 Å². The van der Waals surface area contributed by atoms with Gasteiger partial charge in [-0.25, -0.2) is 0 Å². The predicted molar refractivity (Wildman–Crippen MR) is 84.6 cm³/mol. The summed E-state index contributed by atoms with van der Waals surface area (Å²) in [5, 5.41) is 0. The number of benzene rings is 1. The molecule has 0 saturated heterocycles. The molecule has 3 heteroatoms. The van der Waals surface area contributed by atoms with Gasteiger partial charge in [-0.1, -0.05) is 50.2 Å². The number of carbonyl (C=O) groups is 1. The standard InChI is InChI=1S/C18H22N2O/c1-15(2)11-12-18(21)19-17-10-6-7-13-20(17)14-16-8-4-3-5-9-16/h3-10,13,15H,11-12,14H2,1-2H3. The fourth-order valence-electron chi connectivity index (χ4n) is 2.08. The molecule has 21 heavy (non-hydrogen) atoms. The molecule has 3 nitrogen and oxygen atoms in total. The van der Waals surface area contributed by atoms with Crippen LogP contribution in [0.2, 0.25) is 0 Å². The lowest BCUT2D eigenvalue weighted by Crippen LogP contribution is -2.22. The lowest BCUT2D eigenvalue weighted by molar-refractivity contribution is -0.118. The second kappa shape index (κ2) is 7.58. The highest BCUT2D eigenvalue weighted by atomic mass is 16.1. The van der Waals surface area contributed by atoms with Gasteiger partial charge in [0.25, 0.3) is 0 Å². The Hall–Kier alpha value is -2.16. The normalized spacial score (nSPS) is 11.9. The Bertz CT molecular complexity index is 642. The quantitative estimate of drug-likeness (QED) is 0.827. The number of hydrogen-bond acceptors (Lipinski definition) is 1. The van der Waals surface area contributed by atoms with Crippen molar-refractivity contribution in [2.75, 3.05) is 0 Å². The molecular formula is C18H22N2O. The van der Waals surface area contributed by atoms with Gasteiger partial charge in [-0.15, -0.1) is 0 Å². The minimum Gasteiger partial charge on any atom is -0.329 e. The second-order valence-electron chi connectivity index (χ2n) is 5.61. The average molecular weight is 282 g/mol. The zero-order valence-corrected chi connectivity index (χ0v) is 12.7. The van der Waals surface area contributed by atoms with E-state index in [1.54, 1.807) is 0 Å². The van der Waals surface area contributed by atoms with Crippen molar-refractivity contribution in [1.29, 1.82) is 0 Å². The van der Waals surface area contributed by atoms with Crippen molar-refractivity contribution in [3.63, 3.8) is 0 Å². The van der Waals surface area contributed by atoms with Gasteiger partial charge in [0.2, 0.25) is 5.91 Å². The van der Waals surface area contributed by atoms with Gasteiger partial charge >= 0.3 is 0 Å². The van der Waals surface area contributed by atoms with E-state index in [2.05, 4.69) is 31.0 Å². The summed E-state index contributed by atoms with van der Waals surface area (Å²) in [6.45, 7) is 4.95. The number of carbonyl (C=O) groups excluding carboxylic acids is 1. The first-order valence-electron chi connectivity index (χ1n) is 7.42. The molecule has 0 unspecified atom stereocenters. The van der Waals surface area contributed by atoms with Gasteiger partial charge in [-0.2, -0.15) is 4.99 Å². The van der Waals surface area contributed by atoms with Gasteiger partial charge in [-0.3, -0.25) is 4.79 Å². The number of amides is 1. The molecule has 0 atom stereocenters. The van der Waals surface area contributed by atoms with Crippen LogP contribution in [0.25, 0.3) is 0 Å². The van der Waals surface area contributed by atoms with Crippen LogP contribution in [0, 0.1) is 5.92 Å². The van der Waals surface area contributed by atoms with Crippen LogP contribution in [0.1, 0.15) is 32.3 Å². The first-order chi connectivity index (χ1) is 10.1. The van der Waals surface area contributed by atoms with Gasteiger partial charge in [0.05, 0.1) is 0 Å². The van der Waals surface area contributed by atoms with Crippen molar-refractivity contribution in [3.05, 3.63) is 65.8 Å². The van der Waals surface area contributed by atoms with E-state index in [0.29, 0.717) is 12.3 Å². The van der Waals surface area contributed by atoms with Crippen LogP contribution in [0.15, 0.2) is 59.7 Å². The number of nitrogens with zero attached hydrogens (tertiary/aromatic N) is 2. The third-order valence-corrected chi connectivity index (χ3v) is 3.29. The molecule has 2 rings (SSSR count). The average Bonchev–Trinajstić information content (AvgIpc) is 2.48. The minimum absolute atomic E-state index is 0.0447. The van der Waals surface area contributed by atoms with E-state index in [4.69, 9.17) is 0 Å². The summed E-state index contributed by atoms with van der Waals surface area (Å²) in [5.74, 6) is 0.480. The summed E-state index contributed by atoms with van der Waals surface area (Å²) in [6, 6.07) is 15.9. The van der Waals surface area contributed by atoms with Gasteiger partial charge in [0.1, 0.15) is 5.49 Å². The summed E-state index contributed by atoms with van der Waals surface area (Å²) in [4.78, 5) is 16.2. The third-order valence-electron chi connectivity index (χ3n) is 3.29. The highest BCUT2D eigenvalue weighted by Crippen LogP contribution is 2.04. The molecule has 1 amide bonds. The molecule has 0 aliphatic heterocycles. The fraction of sp³-hybridized carbons (Fsp3) is 0.333. The number of pyridine rings is 1. The van der Waals surface area contributed by atoms with E-state index in [9.17, 15) is 4.79 Å². The van der Waals surface area contributed by atoms with Crippen molar-refractivity contribution in [2.24, 2.45) is 10.9 Å². The Morgan fingerprint density at radius 2 is 1.81 bits per heavy atom. The number of hydrogen-bond donors (Lipinski definition) is 0. The first kappa shape index (κ1) is 15.2. The second-order valence-corrected chi connectivity index (χ2v) is 5.61. The molecule has 0 aliphatic rings. The molecule has 1 heterocycles. The molecule has 2 aromatic rings. The van der Waals surface area contributed by atoms with Crippen LogP contribution < -0.4 is 5.49 Å². The Kier molecular flexibility index (Phi) is 5.50. The summed E-state index contributed by atoms with van der Waals surface area (Å²) >= 11 is 0. The molecule has 0 spiro atoms. The van der Waals surface area contributed by atoms with Crippen molar-refractivity contribution < 1.29 is 4.79 Å². The lowest BCUT2D eigenvalue weighted by Gasteiger charge is -2.07. The molecule has 1 aromatic heterocycles. The maximum atomic E-state index is 11.9. The third kappa shape index (κ3) is 5.03. The highest BCUT2D eigenvalue weighted by Gasteiger charge is 2.02. The van der Waals surface area contributed by atoms with Crippen LogP contribution in [0.5, 0.6) is 0 Å². The van der Waals surface area contributed by atoms with E-state index < -0.39 is 0 Å². The monoisotopic (exact) mass is 282 g/mol. The molecule has 110 valence electrons. The SMILES string of the molecule is CC(C)CCC(=O)N=c1ccccn1Cc1ccccc1. The maximum Gasteiger partial charge on any atom is 0.247 e. The van der Waals surface area contributed by atoms with Crippen LogP contribution in [-0.2, 0) is 11.3 Å². The summed E-state index contributed by atoms with van der Waals surface area (Å²) in [5.41, 5.74) is 1.91. The Balaban J connectivity index is 2.18. The highest BCUT2D eigenvalue weighted by molar-refractivity contribution is 5.76. The fourth-order valence-corrected chi connectivity index (χ4v) is 2.08.